The van der Waals surface area contributed by atoms with Gasteiger partial charge in [-0.25, -0.2) is 0 Å². The van der Waals surface area contributed by atoms with Gasteiger partial charge < -0.3 is 14.4 Å². The molecule has 146 valence electrons. The van der Waals surface area contributed by atoms with E-state index in [2.05, 4.69) is 0 Å². The number of carbonyl (C=O) groups excluding carboxylic acids is 2. The van der Waals surface area contributed by atoms with Gasteiger partial charge in [-0.05, 0) is 31.0 Å². The summed E-state index contributed by atoms with van der Waals surface area (Å²) < 4.78 is 5.77. The second-order valence-electron chi connectivity index (χ2n) is 7.04. The average molecular weight is 387 g/mol. The summed E-state index contributed by atoms with van der Waals surface area (Å²) in [7, 11) is 0. The van der Waals surface area contributed by atoms with E-state index in [9.17, 15) is 14.7 Å². The summed E-state index contributed by atoms with van der Waals surface area (Å²) in [5, 5.41) is 10.9. The molecule has 2 heterocycles. The van der Waals surface area contributed by atoms with Crippen LogP contribution in [0.5, 0.6) is 0 Å². The maximum atomic E-state index is 12.9. The zero-order valence-electron chi connectivity index (χ0n) is 16.0. The Labute approximate surface area is 168 Å². The number of aliphatic hydroxyl groups excluding tert-OH is 1. The van der Waals surface area contributed by atoms with E-state index in [1.165, 1.54) is 4.90 Å². The fourth-order valence-electron chi connectivity index (χ4n) is 3.65. The molecule has 0 radical (unpaired) electrons. The van der Waals surface area contributed by atoms with Crippen molar-refractivity contribution < 1.29 is 19.1 Å². The van der Waals surface area contributed by atoms with Crippen LogP contribution in [0.15, 0.2) is 82.8 Å². The van der Waals surface area contributed by atoms with Crippen LogP contribution < -0.4 is 0 Å². The van der Waals surface area contributed by atoms with Crippen LogP contribution in [-0.4, -0.2) is 28.2 Å². The van der Waals surface area contributed by atoms with Crippen molar-refractivity contribution >= 4 is 17.4 Å². The fourth-order valence-corrected chi connectivity index (χ4v) is 3.65. The van der Waals surface area contributed by atoms with Crippen LogP contribution in [0.1, 0.15) is 28.7 Å². The molecule has 1 aliphatic heterocycles. The minimum atomic E-state index is -0.757. The average Bonchev–Trinajstić information content (AvgIpc) is 3.28. The number of hydrogen-bond donors (Lipinski definition) is 1. The molecule has 0 spiro atoms. The van der Waals surface area contributed by atoms with Gasteiger partial charge in [0.15, 0.2) is 0 Å². The largest absolute Gasteiger partial charge is 0.507 e. The highest BCUT2D eigenvalue weighted by Crippen LogP contribution is 2.40. The predicted octanol–water partition coefficient (Wildman–Crippen LogP) is 4.25. The highest BCUT2D eigenvalue weighted by Gasteiger charge is 2.47. The van der Waals surface area contributed by atoms with Crippen LogP contribution >= 0.6 is 0 Å². The minimum absolute atomic E-state index is 0.0589. The monoisotopic (exact) mass is 387 g/mol. The molecule has 1 N–H and O–H groups in total. The van der Waals surface area contributed by atoms with Crippen molar-refractivity contribution in [1.82, 2.24) is 4.90 Å². The van der Waals surface area contributed by atoms with Crippen LogP contribution in [0, 0.1) is 6.92 Å². The number of nitrogens with zero attached hydrogens (tertiary/aromatic N) is 1. The number of benzene rings is 2. The van der Waals surface area contributed by atoms with E-state index >= 15 is 0 Å². The van der Waals surface area contributed by atoms with Crippen LogP contribution in [-0.2, 0) is 16.0 Å². The predicted molar refractivity (Wildman–Crippen MR) is 109 cm³/mol. The number of aliphatic hydroxyl groups is 1. The van der Waals surface area contributed by atoms with Gasteiger partial charge in [0.05, 0.1) is 5.57 Å². The third-order valence-corrected chi connectivity index (χ3v) is 5.10. The molecular weight excluding hydrogens is 366 g/mol. The van der Waals surface area contributed by atoms with Crippen molar-refractivity contribution in [3.05, 3.63) is 101 Å². The molecule has 29 heavy (non-hydrogen) atoms. The minimum Gasteiger partial charge on any atom is -0.507 e. The number of furan rings is 1. The third kappa shape index (κ3) is 3.59. The number of ketones is 1. The lowest BCUT2D eigenvalue weighted by Crippen LogP contribution is -2.31. The van der Waals surface area contributed by atoms with E-state index < -0.39 is 17.7 Å². The Bertz CT molecular complexity index is 1070. The van der Waals surface area contributed by atoms with Crippen LogP contribution in [0.3, 0.4) is 0 Å². The van der Waals surface area contributed by atoms with Crippen molar-refractivity contribution in [2.24, 2.45) is 0 Å². The third-order valence-electron chi connectivity index (χ3n) is 5.10. The first-order valence-electron chi connectivity index (χ1n) is 9.50. The Balaban J connectivity index is 1.76. The Kier molecular flexibility index (Phi) is 5.04. The number of carbonyl (C=O) groups is 2. The van der Waals surface area contributed by atoms with Crippen molar-refractivity contribution in [2.45, 2.75) is 19.4 Å². The SMILES string of the molecule is Cc1ccc(C2C(=C(O)c3ccccc3)C(=O)C(=O)N2CCc2ccccc2)o1. The van der Waals surface area contributed by atoms with E-state index in [1.54, 1.807) is 43.3 Å². The van der Waals surface area contributed by atoms with E-state index in [4.69, 9.17) is 4.42 Å². The number of Topliss-reactive ketones (excluding diaryl/α,β-unsaturated/α-hetero) is 1. The molecule has 2 aromatic carbocycles. The number of hydrogen-bond acceptors (Lipinski definition) is 4. The molecular formula is C24H21NO4. The summed E-state index contributed by atoms with van der Waals surface area (Å²) >= 11 is 0. The zero-order valence-corrected chi connectivity index (χ0v) is 16.0. The molecule has 5 nitrogen and oxygen atoms in total. The Hall–Kier alpha value is -3.60. The normalized spacial score (nSPS) is 18.4. The molecule has 3 aromatic rings. The second kappa shape index (κ2) is 7.80. The van der Waals surface area contributed by atoms with Gasteiger partial charge in [0.1, 0.15) is 23.3 Å². The first kappa shape index (κ1) is 18.7. The second-order valence-corrected chi connectivity index (χ2v) is 7.04. The van der Waals surface area contributed by atoms with Crippen LogP contribution in [0.4, 0.5) is 0 Å². The highest BCUT2D eigenvalue weighted by atomic mass is 16.3. The van der Waals surface area contributed by atoms with Gasteiger partial charge in [-0.3, -0.25) is 9.59 Å². The molecule has 0 saturated carbocycles. The summed E-state index contributed by atoms with van der Waals surface area (Å²) in [4.78, 5) is 27.2. The summed E-state index contributed by atoms with van der Waals surface area (Å²) in [6, 6.07) is 21.3. The molecule has 4 rings (SSSR count). The fraction of sp³-hybridized carbons (Fsp3) is 0.167. The molecule has 1 unspecified atom stereocenters. The molecule has 1 atom stereocenters. The Morgan fingerprint density at radius 3 is 2.24 bits per heavy atom. The quantitative estimate of drug-likeness (QED) is 0.404. The lowest BCUT2D eigenvalue weighted by molar-refractivity contribution is -0.140. The molecule has 1 saturated heterocycles. The van der Waals surface area contributed by atoms with Gasteiger partial charge in [-0.1, -0.05) is 60.7 Å². The lowest BCUT2D eigenvalue weighted by atomic mass is 9.99. The van der Waals surface area contributed by atoms with Crippen LogP contribution in [0.2, 0.25) is 0 Å². The molecule has 0 bridgehead atoms. The summed E-state index contributed by atoms with van der Waals surface area (Å²) in [5.41, 5.74) is 1.61. The Morgan fingerprint density at radius 1 is 0.966 bits per heavy atom. The van der Waals surface area contributed by atoms with Gasteiger partial charge in [-0.2, -0.15) is 0 Å². The first-order valence-corrected chi connectivity index (χ1v) is 9.50. The van der Waals surface area contributed by atoms with Gasteiger partial charge in [0.2, 0.25) is 0 Å². The number of aryl methyl sites for hydroxylation is 1. The lowest BCUT2D eigenvalue weighted by Gasteiger charge is -2.23. The molecule has 1 fully saturated rings. The van der Waals surface area contributed by atoms with Crippen molar-refractivity contribution in [2.75, 3.05) is 6.54 Å². The molecule has 1 amide bonds. The van der Waals surface area contributed by atoms with Gasteiger partial charge in [-0.15, -0.1) is 0 Å². The highest BCUT2D eigenvalue weighted by molar-refractivity contribution is 6.46. The molecule has 1 aromatic heterocycles. The van der Waals surface area contributed by atoms with E-state index in [0.717, 1.165) is 5.56 Å². The smallest absolute Gasteiger partial charge is 0.295 e. The molecule has 5 heteroatoms. The van der Waals surface area contributed by atoms with Crippen molar-refractivity contribution in [3.63, 3.8) is 0 Å². The van der Waals surface area contributed by atoms with Gasteiger partial charge in [0, 0.05) is 12.1 Å². The summed E-state index contributed by atoms with van der Waals surface area (Å²) in [6.45, 7) is 2.14. The van der Waals surface area contributed by atoms with Crippen LogP contribution in [0.25, 0.3) is 5.76 Å². The van der Waals surface area contributed by atoms with E-state index in [-0.39, 0.29) is 11.3 Å². The first-order chi connectivity index (χ1) is 14.1. The van der Waals surface area contributed by atoms with Crippen molar-refractivity contribution in [3.8, 4) is 0 Å². The summed E-state index contributed by atoms with van der Waals surface area (Å²) in [6.07, 6.45) is 0.593. The number of rotatable bonds is 5. The van der Waals surface area contributed by atoms with E-state index in [0.29, 0.717) is 30.0 Å². The maximum absolute atomic E-state index is 12.9. The topological polar surface area (TPSA) is 70.8 Å². The number of amides is 1. The Morgan fingerprint density at radius 2 is 1.62 bits per heavy atom. The molecule has 1 aliphatic rings. The standard InChI is InChI=1S/C24H21NO4/c1-16-12-13-19(29-16)21-20(22(26)18-10-6-3-7-11-18)23(27)24(28)25(21)15-14-17-8-4-2-5-9-17/h2-13,21,26H,14-15H2,1H3. The maximum Gasteiger partial charge on any atom is 0.295 e. The zero-order chi connectivity index (χ0) is 20.4. The molecule has 0 aliphatic carbocycles. The summed E-state index contributed by atoms with van der Waals surface area (Å²) in [5.74, 6) is -0.373. The van der Waals surface area contributed by atoms with Gasteiger partial charge >= 0.3 is 0 Å². The van der Waals surface area contributed by atoms with E-state index in [1.807, 2.05) is 36.4 Å². The number of likely N-dealkylation sites (tertiary alicyclic amines) is 1. The van der Waals surface area contributed by atoms with Gasteiger partial charge in [0.25, 0.3) is 11.7 Å². The van der Waals surface area contributed by atoms with Crippen molar-refractivity contribution in [1.29, 1.82) is 0 Å².